The molecule has 25 nitrogen and oxygen atoms in total. The third-order valence-electron chi connectivity index (χ3n) is 15.1. The summed E-state index contributed by atoms with van der Waals surface area (Å²) < 4.78 is 52.6. The van der Waals surface area contributed by atoms with Crippen molar-refractivity contribution in [1.29, 1.82) is 0 Å². The Hall–Kier alpha value is -8.81. The zero-order chi connectivity index (χ0) is 95.2. The van der Waals surface area contributed by atoms with Gasteiger partial charge >= 0.3 is 65.7 Å². The van der Waals surface area contributed by atoms with Crippen molar-refractivity contribution in [3.05, 3.63) is 136 Å². The minimum absolute atomic E-state index is 0.110. The average molecular weight is 1740 g/mol. The molecule has 0 amide bonds. The van der Waals surface area contributed by atoms with Crippen LogP contribution in [-0.2, 0) is 105 Å². The first-order chi connectivity index (χ1) is 58.5. The minimum Gasteiger partial charge on any atom is -0.463 e. The van der Waals surface area contributed by atoms with Crippen molar-refractivity contribution in [2.24, 2.45) is 0 Å². The highest BCUT2D eigenvalue weighted by atomic mass is 16.6. The number of ether oxygens (including phenoxy) is 11. The molecule has 0 aliphatic carbocycles. The summed E-state index contributed by atoms with van der Waals surface area (Å²) in [6.45, 7) is 62.6. The van der Waals surface area contributed by atoms with Crippen LogP contribution in [0.4, 0.5) is 0 Å². The summed E-state index contributed by atoms with van der Waals surface area (Å²) in [6, 6.07) is 0. The van der Waals surface area contributed by atoms with Crippen molar-refractivity contribution in [3.63, 3.8) is 0 Å². The van der Waals surface area contributed by atoms with Crippen LogP contribution < -0.4 is 0 Å². The highest BCUT2D eigenvalue weighted by Crippen LogP contribution is 2.09. The van der Waals surface area contributed by atoms with Crippen molar-refractivity contribution in [1.82, 2.24) is 0 Å². The van der Waals surface area contributed by atoms with Gasteiger partial charge in [-0.05, 0) is 97.5 Å². The van der Waals surface area contributed by atoms with Crippen molar-refractivity contribution in [2.75, 3.05) is 92.5 Å². The summed E-state index contributed by atoms with van der Waals surface area (Å²) in [6.07, 6.45) is 51.3. The van der Waals surface area contributed by atoms with Gasteiger partial charge in [0.25, 0.3) is 0 Å². The number of esters is 11. The molecule has 0 aliphatic rings. The van der Waals surface area contributed by atoms with Crippen molar-refractivity contribution < 1.29 is 120 Å². The molecule has 0 aromatic heterocycles. The van der Waals surface area contributed by atoms with E-state index in [1.54, 1.807) is 19.9 Å². The van der Waals surface area contributed by atoms with Gasteiger partial charge in [-0.25, -0.2) is 52.7 Å². The predicted molar refractivity (Wildman–Crippen MR) is 493 cm³/mol. The van der Waals surface area contributed by atoms with Crippen molar-refractivity contribution >= 4 is 65.7 Å². The standard InChI is InChI=1S/C12H22O2.C11H20O2.C10H18O2.C9H16O4.2C9H16O2.C8H14O3.2C8H14O2.C7H12O2.C6H10O2/c1-3-5-6-7-8-9-10-11-14-12(13)4-2;1-3-5-6-7-8-9-10-13-11(12)4-2;1-3-5-6-7-8-9-12-10(11)4-2;1-2-3-6-13-9(12)8(7-11)4-5-10;1-4-6-7-11-9(10)8(3)5-2;1-3-5-6-7-8-11-9(10)4-2;1-3-4-5-11-8(10)7(2)6-9;1-4-5-6-10-8(9)7(2)3;1-3-5-6-7-10-8(9)4-2;1-3-5-6-9-7(8)4-2;1-3-5-8-6(7)4-2/h4H,2-3,5-11H2,1H3;4H,2-3,5-10H2,1H3;4H,2-3,5-9H2,1H3;4,10-11H,2-3,5-7H2,1H3;5H,4,6-7H2,1-3H3;4H,2-3,5-8H2,1H3;9H,2-6H2,1H3;2,4-6H2,1,3H3;4H,2-3,5-7H2,1H3;4H,2-3,5-6H2,1H3;4H,2-3,5H2,1H3/b;;;8-4+;8-5+;;;;;;. The maximum absolute atomic E-state index is 11.1. The molecular formula is C97H172O25. The van der Waals surface area contributed by atoms with Gasteiger partial charge in [-0.1, -0.05) is 302 Å². The molecule has 0 aromatic rings. The Bertz CT molecular complexity index is 2630. The molecule has 0 radical (unpaired) electrons. The minimum atomic E-state index is -0.551. The second-order valence-corrected chi connectivity index (χ2v) is 26.6. The van der Waals surface area contributed by atoms with Crippen LogP contribution in [0.1, 0.15) is 328 Å². The fourth-order valence-corrected chi connectivity index (χ4v) is 7.50. The predicted octanol–water partition coefficient (Wildman–Crippen LogP) is 21.4. The molecule has 0 atom stereocenters. The van der Waals surface area contributed by atoms with E-state index in [4.69, 9.17) is 58.0 Å². The van der Waals surface area contributed by atoms with Crippen LogP contribution in [0, 0.1) is 0 Å². The second kappa shape index (κ2) is 123. The molecule has 0 rings (SSSR count). The number of hydrogen-bond donors (Lipinski definition) is 3. The van der Waals surface area contributed by atoms with Crippen molar-refractivity contribution in [2.45, 2.75) is 328 Å². The quantitative estimate of drug-likeness (QED) is 0.0220. The number of unbranched alkanes of at least 4 members (excludes halogenated alkanes) is 25. The number of carbonyl (C=O) groups excluding carboxylic acids is 11. The van der Waals surface area contributed by atoms with E-state index in [9.17, 15) is 52.7 Å². The zero-order valence-electron chi connectivity index (χ0n) is 78.7. The van der Waals surface area contributed by atoms with Gasteiger partial charge in [-0.3, -0.25) is 0 Å². The zero-order valence-corrected chi connectivity index (χ0v) is 78.7. The first-order valence-electron chi connectivity index (χ1n) is 44.2. The van der Waals surface area contributed by atoms with E-state index in [1.807, 2.05) is 34.6 Å². The molecule has 0 unspecified atom stereocenters. The fourth-order valence-electron chi connectivity index (χ4n) is 7.50. The molecule has 0 fully saturated rings. The van der Waals surface area contributed by atoms with E-state index in [-0.39, 0.29) is 78.1 Å². The molecule has 3 N–H and O–H groups in total. The third kappa shape index (κ3) is 137. The summed E-state index contributed by atoms with van der Waals surface area (Å²) in [5.74, 6) is -3.77. The lowest BCUT2D eigenvalue weighted by Crippen LogP contribution is -2.12. The van der Waals surface area contributed by atoms with Gasteiger partial charge in [-0.15, -0.1) is 0 Å². The summed E-state index contributed by atoms with van der Waals surface area (Å²) in [7, 11) is 0. The molecule has 0 spiro atoms. The van der Waals surface area contributed by atoms with Gasteiger partial charge in [0.05, 0.1) is 104 Å². The van der Waals surface area contributed by atoms with E-state index in [0.29, 0.717) is 83.8 Å². The van der Waals surface area contributed by atoms with Crippen LogP contribution in [0.15, 0.2) is 136 Å². The van der Waals surface area contributed by atoms with E-state index in [0.717, 1.165) is 147 Å². The number of allylic oxidation sites excluding steroid dienone is 1. The van der Waals surface area contributed by atoms with Gasteiger partial charge in [0.1, 0.15) is 0 Å². The van der Waals surface area contributed by atoms with Crippen LogP contribution in [0.25, 0.3) is 0 Å². The number of carbonyl (C=O) groups is 11. The SMILES string of the molecule is C/C=C(\C)C(=O)OCCCC.C=C(C)C(=O)OCCCC.C=C(CO)C(=O)OCCCC.C=CC(=O)OCCC.C=CC(=O)OCCCC.C=CC(=O)OCCCCC.C=CC(=O)OCCCCCC.C=CC(=O)OCCCCCCC.C=CC(=O)OCCCCCCCC.C=CC(=O)OCCCCCCCCC.CCCCOC(=O)/C(=C/CO)CO. The van der Waals surface area contributed by atoms with Crippen LogP contribution >= 0.6 is 0 Å². The average Bonchev–Trinajstić information content (AvgIpc) is 0.952. The maximum atomic E-state index is 11.1. The molecule has 710 valence electrons. The maximum Gasteiger partial charge on any atom is 0.336 e. The van der Waals surface area contributed by atoms with E-state index < -0.39 is 18.5 Å². The van der Waals surface area contributed by atoms with Gasteiger partial charge in [0, 0.05) is 53.7 Å². The fraction of sp³-hybridized carbons (Fsp3) is 0.660. The topological polar surface area (TPSA) is 350 Å². The molecule has 25 heteroatoms. The highest BCUT2D eigenvalue weighted by Gasteiger charge is 2.10. The first-order valence-corrected chi connectivity index (χ1v) is 44.2. The summed E-state index contributed by atoms with van der Waals surface area (Å²) >= 11 is 0. The third-order valence-corrected chi connectivity index (χ3v) is 15.1. The molecule has 0 aromatic carbocycles. The Kier molecular flexibility index (Phi) is 138. The highest BCUT2D eigenvalue weighted by molar-refractivity contribution is 5.89. The largest absolute Gasteiger partial charge is 0.463 e. The normalized spacial score (nSPS) is 9.61. The lowest BCUT2D eigenvalue weighted by atomic mass is 10.1. The Morgan fingerprint density at radius 2 is 0.451 bits per heavy atom. The number of rotatable bonds is 61. The van der Waals surface area contributed by atoms with Crippen LogP contribution in [0.3, 0.4) is 0 Å². The summed E-state index contributed by atoms with van der Waals surface area (Å²) in [5, 5.41) is 25.7. The van der Waals surface area contributed by atoms with E-state index in [2.05, 4.69) is 117 Å². The Balaban J connectivity index is -0.000000124. The molecule has 0 heterocycles. The summed E-state index contributed by atoms with van der Waals surface area (Å²) in [4.78, 5) is 117. The number of aliphatic hydroxyl groups is 3. The Morgan fingerprint density at radius 3 is 0.680 bits per heavy atom. The first kappa shape index (κ1) is 136. The lowest BCUT2D eigenvalue weighted by molar-refractivity contribution is -0.140. The van der Waals surface area contributed by atoms with Crippen LogP contribution in [0.5, 0.6) is 0 Å². The van der Waals surface area contributed by atoms with E-state index >= 15 is 0 Å². The smallest absolute Gasteiger partial charge is 0.336 e. The van der Waals surface area contributed by atoms with Crippen LogP contribution in [0.2, 0.25) is 0 Å². The Morgan fingerprint density at radius 1 is 0.246 bits per heavy atom. The molecule has 0 bridgehead atoms. The van der Waals surface area contributed by atoms with Crippen LogP contribution in [-0.4, -0.2) is 173 Å². The van der Waals surface area contributed by atoms with Gasteiger partial charge in [0.15, 0.2) is 0 Å². The lowest BCUT2D eigenvalue weighted by Gasteiger charge is -2.04. The molecule has 0 saturated carbocycles. The monoisotopic (exact) mass is 1740 g/mol. The second-order valence-electron chi connectivity index (χ2n) is 26.6. The van der Waals surface area contributed by atoms with E-state index in [1.165, 1.54) is 132 Å². The Labute approximate surface area is 739 Å². The molecule has 122 heavy (non-hydrogen) atoms. The van der Waals surface area contributed by atoms with Gasteiger partial charge in [0.2, 0.25) is 0 Å². The molecule has 0 aliphatic heterocycles. The number of aliphatic hydroxyl groups excluding tert-OH is 3. The molecular weight excluding hydrogens is 1570 g/mol. The van der Waals surface area contributed by atoms with Gasteiger partial charge < -0.3 is 67.4 Å². The summed E-state index contributed by atoms with van der Waals surface area (Å²) in [5.41, 5.74) is 1.37. The molecule has 0 saturated heterocycles. The van der Waals surface area contributed by atoms with Crippen molar-refractivity contribution in [3.8, 4) is 0 Å². The number of hydrogen-bond acceptors (Lipinski definition) is 25. The van der Waals surface area contributed by atoms with Gasteiger partial charge in [-0.2, -0.15) is 0 Å².